The van der Waals surface area contributed by atoms with Crippen LogP contribution in [0.15, 0.2) is 41.3 Å². The lowest BCUT2D eigenvalue weighted by molar-refractivity contribution is 0.101. The molecule has 1 aromatic carbocycles. The van der Waals surface area contributed by atoms with Crippen molar-refractivity contribution in [3.63, 3.8) is 0 Å². The molecule has 4 aromatic rings. The number of benzene rings is 1. The molecule has 1 aliphatic rings. The number of amides is 1. The zero-order chi connectivity index (χ0) is 30.5. The lowest BCUT2D eigenvalue weighted by atomic mass is 10.0. The van der Waals surface area contributed by atoms with E-state index in [0.29, 0.717) is 5.69 Å². The molecule has 218 valence electrons. The van der Waals surface area contributed by atoms with Crippen LogP contribution >= 0.6 is 0 Å². The van der Waals surface area contributed by atoms with Gasteiger partial charge in [-0.25, -0.2) is 27.9 Å². The number of piperazine rings is 1. The van der Waals surface area contributed by atoms with E-state index in [-0.39, 0.29) is 59.4 Å². The van der Waals surface area contributed by atoms with Crippen molar-refractivity contribution in [2.24, 2.45) is 0 Å². The molecular formula is C29H28F2N6O5. The van der Waals surface area contributed by atoms with Gasteiger partial charge in [0.05, 0.1) is 22.3 Å². The Morgan fingerprint density at radius 2 is 1.83 bits per heavy atom. The molecule has 11 nitrogen and oxygen atoms in total. The molecule has 1 atom stereocenters. The highest BCUT2D eigenvalue weighted by Gasteiger charge is 2.32. The SMILES string of the molecule is CC(=O)c1ccnc(C(C)C)c1-n1c(=O)nc(N2CCN(C(=O)O)C[C@@H]2C)c2cc(F)c(-c3c(O)cccc3F)nc21. The van der Waals surface area contributed by atoms with Crippen molar-refractivity contribution in [2.45, 2.75) is 39.7 Å². The summed E-state index contributed by atoms with van der Waals surface area (Å²) in [7, 11) is 0. The molecule has 5 rings (SSSR count). The van der Waals surface area contributed by atoms with E-state index in [1.807, 2.05) is 13.8 Å². The van der Waals surface area contributed by atoms with Crippen LogP contribution in [0.5, 0.6) is 5.75 Å². The maximum atomic E-state index is 15.8. The van der Waals surface area contributed by atoms with Crippen LogP contribution in [0.2, 0.25) is 0 Å². The van der Waals surface area contributed by atoms with Gasteiger partial charge < -0.3 is 20.0 Å². The van der Waals surface area contributed by atoms with Crippen LogP contribution in [0, 0.1) is 11.6 Å². The number of hydrogen-bond donors (Lipinski definition) is 2. The number of ketones is 1. The molecule has 2 N–H and O–H groups in total. The highest BCUT2D eigenvalue weighted by molar-refractivity contribution is 5.99. The maximum Gasteiger partial charge on any atom is 0.407 e. The Morgan fingerprint density at radius 1 is 1.10 bits per heavy atom. The van der Waals surface area contributed by atoms with Crippen LogP contribution in [0.1, 0.15) is 49.7 Å². The molecule has 13 heteroatoms. The van der Waals surface area contributed by atoms with Crippen molar-refractivity contribution < 1.29 is 28.6 Å². The molecule has 0 saturated carbocycles. The topological polar surface area (TPSA) is 142 Å². The Bertz CT molecular complexity index is 1790. The van der Waals surface area contributed by atoms with E-state index in [1.54, 1.807) is 11.8 Å². The van der Waals surface area contributed by atoms with Gasteiger partial charge in [-0.2, -0.15) is 4.98 Å². The van der Waals surface area contributed by atoms with Crippen molar-refractivity contribution in [2.75, 3.05) is 24.5 Å². The first-order valence-electron chi connectivity index (χ1n) is 13.3. The number of rotatable bonds is 5. The average Bonchev–Trinajstić information content (AvgIpc) is 2.92. The van der Waals surface area contributed by atoms with Gasteiger partial charge in [-0.1, -0.05) is 19.9 Å². The fourth-order valence-electron chi connectivity index (χ4n) is 5.31. The number of hydrogen-bond acceptors (Lipinski definition) is 8. The van der Waals surface area contributed by atoms with Crippen LogP contribution in [0.4, 0.5) is 19.4 Å². The number of Topliss-reactive ketones (excluding diaryl/α,β-unsaturated/α-hetero) is 1. The maximum absolute atomic E-state index is 15.8. The average molecular weight is 579 g/mol. The Balaban J connectivity index is 1.89. The molecule has 1 amide bonds. The van der Waals surface area contributed by atoms with E-state index in [0.717, 1.165) is 16.7 Å². The summed E-state index contributed by atoms with van der Waals surface area (Å²) in [5.41, 5.74) is -1.41. The standard InChI is InChI=1S/C29H28F2N6O5/c1-14(2)23-25(17(16(4)38)8-9-32-23)37-27-18(12-20(31)24(33-27)22-19(30)6-5-7-21(22)39)26(34-28(37)40)36-11-10-35(29(41)42)13-15(36)3/h5-9,12,14-15,39H,10-11,13H2,1-4H3,(H,41,42)/t15-/m0/s1. The second-order valence-electron chi connectivity index (χ2n) is 10.5. The highest BCUT2D eigenvalue weighted by atomic mass is 19.1. The molecule has 3 aromatic heterocycles. The molecule has 0 bridgehead atoms. The minimum absolute atomic E-state index is 0.0545. The van der Waals surface area contributed by atoms with Gasteiger partial charge >= 0.3 is 11.8 Å². The van der Waals surface area contributed by atoms with Gasteiger partial charge in [0.1, 0.15) is 23.1 Å². The number of anilines is 1. The van der Waals surface area contributed by atoms with Gasteiger partial charge in [0.25, 0.3) is 0 Å². The van der Waals surface area contributed by atoms with Crippen molar-refractivity contribution in [3.05, 3.63) is 69.9 Å². The van der Waals surface area contributed by atoms with Crippen LogP contribution in [0.25, 0.3) is 28.0 Å². The molecule has 0 radical (unpaired) electrons. The predicted molar refractivity (Wildman–Crippen MR) is 150 cm³/mol. The number of aromatic hydroxyl groups is 1. The number of aromatic nitrogens is 4. The minimum atomic E-state index is -1.09. The van der Waals surface area contributed by atoms with Crippen LogP contribution in [-0.2, 0) is 0 Å². The molecule has 4 heterocycles. The summed E-state index contributed by atoms with van der Waals surface area (Å²) in [6.07, 6.45) is 0.357. The molecule has 1 fully saturated rings. The van der Waals surface area contributed by atoms with Gasteiger partial charge in [-0.3, -0.25) is 9.78 Å². The second-order valence-corrected chi connectivity index (χ2v) is 10.5. The summed E-state index contributed by atoms with van der Waals surface area (Å²) in [5, 5.41) is 19.9. The summed E-state index contributed by atoms with van der Waals surface area (Å²) in [6, 6.07) is 5.54. The number of nitrogens with zero attached hydrogens (tertiary/aromatic N) is 6. The fourth-order valence-corrected chi connectivity index (χ4v) is 5.31. The third-order valence-electron chi connectivity index (χ3n) is 7.30. The Hall–Kier alpha value is -4.94. The van der Waals surface area contributed by atoms with Crippen LogP contribution in [0.3, 0.4) is 0 Å². The molecule has 0 unspecified atom stereocenters. The van der Waals surface area contributed by atoms with Crippen molar-refractivity contribution in [1.82, 2.24) is 24.4 Å². The van der Waals surface area contributed by atoms with E-state index in [4.69, 9.17) is 0 Å². The summed E-state index contributed by atoms with van der Waals surface area (Å²) in [5.74, 6) is -3.06. The van der Waals surface area contributed by atoms with Crippen molar-refractivity contribution >= 4 is 28.7 Å². The lowest BCUT2D eigenvalue weighted by Crippen LogP contribution is -2.54. The Morgan fingerprint density at radius 3 is 2.45 bits per heavy atom. The highest BCUT2D eigenvalue weighted by Crippen LogP contribution is 2.37. The van der Waals surface area contributed by atoms with Gasteiger partial charge in [0.15, 0.2) is 17.2 Å². The third-order valence-corrected chi connectivity index (χ3v) is 7.30. The summed E-state index contributed by atoms with van der Waals surface area (Å²) < 4.78 is 31.8. The molecule has 0 spiro atoms. The smallest absolute Gasteiger partial charge is 0.407 e. The first-order valence-corrected chi connectivity index (χ1v) is 13.3. The first kappa shape index (κ1) is 28.6. The Kier molecular flexibility index (Phi) is 7.35. The first-order chi connectivity index (χ1) is 19.9. The van der Waals surface area contributed by atoms with E-state index in [1.165, 1.54) is 36.2 Å². The van der Waals surface area contributed by atoms with Crippen LogP contribution in [-0.4, -0.2) is 72.2 Å². The zero-order valence-electron chi connectivity index (χ0n) is 23.3. The van der Waals surface area contributed by atoms with E-state index in [2.05, 4.69) is 15.0 Å². The van der Waals surface area contributed by atoms with Gasteiger partial charge in [-0.15, -0.1) is 0 Å². The summed E-state index contributed by atoms with van der Waals surface area (Å²) in [6.45, 7) is 7.09. The van der Waals surface area contributed by atoms with E-state index < -0.39 is 46.5 Å². The normalized spacial score (nSPS) is 15.5. The molecule has 42 heavy (non-hydrogen) atoms. The molecular weight excluding hydrogens is 550 g/mol. The third kappa shape index (κ3) is 4.80. The molecule has 0 aliphatic carbocycles. The zero-order valence-corrected chi connectivity index (χ0v) is 23.3. The summed E-state index contributed by atoms with van der Waals surface area (Å²) >= 11 is 0. The number of phenolic OH excluding ortho intramolecular Hbond substituents is 1. The predicted octanol–water partition coefficient (Wildman–Crippen LogP) is 4.34. The second kappa shape index (κ2) is 10.8. The number of phenols is 1. The van der Waals surface area contributed by atoms with Crippen LogP contribution < -0.4 is 10.6 Å². The quantitative estimate of drug-likeness (QED) is 0.331. The largest absolute Gasteiger partial charge is 0.507 e. The number of pyridine rings is 2. The van der Waals surface area contributed by atoms with Crippen molar-refractivity contribution in [3.8, 4) is 22.7 Å². The van der Waals surface area contributed by atoms with Gasteiger partial charge in [-0.05, 0) is 44.0 Å². The monoisotopic (exact) mass is 578 g/mol. The van der Waals surface area contributed by atoms with Crippen molar-refractivity contribution in [1.29, 1.82) is 0 Å². The number of carbonyl (C=O) groups excluding carboxylic acids is 1. The molecule has 1 saturated heterocycles. The fraction of sp³-hybridized carbons (Fsp3) is 0.310. The number of fused-ring (bicyclic) bond motifs is 1. The molecule has 1 aliphatic heterocycles. The van der Waals surface area contributed by atoms with E-state index >= 15 is 4.39 Å². The lowest BCUT2D eigenvalue weighted by Gasteiger charge is -2.39. The van der Waals surface area contributed by atoms with Gasteiger partial charge in [0, 0.05) is 37.4 Å². The number of halogens is 2. The van der Waals surface area contributed by atoms with Gasteiger partial charge in [0.2, 0.25) is 0 Å². The Labute approximate surface area is 238 Å². The summed E-state index contributed by atoms with van der Waals surface area (Å²) in [4.78, 5) is 54.2. The number of carbonyl (C=O) groups is 2. The number of carboxylic acid groups (broad SMARTS) is 1. The van der Waals surface area contributed by atoms with E-state index in [9.17, 15) is 29.0 Å². The minimum Gasteiger partial charge on any atom is -0.507 e.